The lowest BCUT2D eigenvalue weighted by molar-refractivity contribution is -0.170. The van der Waals surface area contributed by atoms with Gasteiger partial charge in [-0.1, -0.05) is 0 Å². The molecule has 98 valence electrons. The maximum atomic E-state index is 10.3. The lowest BCUT2D eigenvalue weighted by Crippen LogP contribution is -2.42. The van der Waals surface area contributed by atoms with E-state index < -0.39 is 36.4 Å². The van der Waals surface area contributed by atoms with Gasteiger partial charge in [-0.25, -0.2) is 4.79 Å². The molecule has 0 aromatic rings. The third-order valence-corrected chi connectivity index (χ3v) is 1.29. The number of rotatable bonds is 5. The maximum Gasteiger partial charge on any atom is 0.336 e. The van der Waals surface area contributed by atoms with Crippen molar-refractivity contribution in [3.8, 4) is 0 Å². The summed E-state index contributed by atoms with van der Waals surface area (Å²) in [7, 11) is 0. The fourth-order valence-electron chi connectivity index (χ4n) is 0.714. The van der Waals surface area contributed by atoms with Gasteiger partial charge >= 0.3 is 17.9 Å². The Morgan fingerprint density at radius 1 is 0.824 bits per heavy atom. The van der Waals surface area contributed by atoms with Crippen molar-refractivity contribution in [3.63, 3.8) is 0 Å². The molecule has 0 atom stereocenters. The minimum absolute atomic E-state index is 1.14. The molecule has 0 fully saturated rings. The van der Waals surface area contributed by atoms with Crippen LogP contribution in [0, 0.1) is 0 Å². The van der Waals surface area contributed by atoms with Gasteiger partial charge in [-0.3, -0.25) is 9.59 Å². The van der Waals surface area contributed by atoms with Crippen LogP contribution in [0.3, 0.4) is 0 Å². The Bertz CT molecular complexity index is 254. The van der Waals surface area contributed by atoms with E-state index in [2.05, 4.69) is 26.3 Å². The summed E-state index contributed by atoms with van der Waals surface area (Å²) in [6.45, 7) is 12.0. The SMILES string of the molecule is C=C.C=C.O=C(O)CC(O)(CC(=O)O)C(=O)O. The van der Waals surface area contributed by atoms with Gasteiger partial charge in [0.1, 0.15) is 0 Å². The zero-order valence-corrected chi connectivity index (χ0v) is 9.26. The molecule has 0 amide bonds. The molecule has 0 saturated carbocycles. The minimum atomic E-state index is -2.74. The smallest absolute Gasteiger partial charge is 0.336 e. The molecule has 0 spiro atoms. The number of aliphatic carboxylic acids is 3. The molecule has 0 aliphatic rings. The third kappa shape index (κ3) is 10.1. The van der Waals surface area contributed by atoms with Crippen LogP contribution in [0.2, 0.25) is 0 Å². The molecular weight excluding hydrogens is 232 g/mol. The quantitative estimate of drug-likeness (QED) is 0.516. The highest BCUT2D eigenvalue weighted by Gasteiger charge is 2.40. The molecule has 4 N–H and O–H groups in total. The van der Waals surface area contributed by atoms with Crippen LogP contribution in [0.4, 0.5) is 0 Å². The second-order valence-electron chi connectivity index (χ2n) is 2.48. The number of aliphatic hydroxyl groups is 1. The van der Waals surface area contributed by atoms with E-state index in [-0.39, 0.29) is 0 Å². The van der Waals surface area contributed by atoms with Crippen molar-refractivity contribution in [2.75, 3.05) is 0 Å². The van der Waals surface area contributed by atoms with E-state index in [4.69, 9.17) is 20.4 Å². The number of carbonyl (C=O) groups is 3. The van der Waals surface area contributed by atoms with Crippen molar-refractivity contribution in [2.45, 2.75) is 18.4 Å². The number of hydrogen-bond donors (Lipinski definition) is 4. The topological polar surface area (TPSA) is 132 Å². The van der Waals surface area contributed by atoms with Crippen molar-refractivity contribution in [2.24, 2.45) is 0 Å². The molecule has 7 heteroatoms. The number of carboxylic acid groups (broad SMARTS) is 3. The van der Waals surface area contributed by atoms with Gasteiger partial charge in [-0.15, -0.1) is 26.3 Å². The van der Waals surface area contributed by atoms with Crippen LogP contribution in [0.15, 0.2) is 26.3 Å². The summed E-state index contributed by atoms with van der Waals surface area (Å²) >= 11 is 0. The second-order valence-corrected chi connectivity index (χ2v) is 2.48. The van der Waals surface area contributed by atoms with Crippen molar-refractivity contribution in [3.05, 3.63) is 26.3 Å². The highest BCUT2D eigenvalue weighted by molar-refractivity contribution is 5.88. The van der Waals surface area contributed by atoms with Crippen LogP contribution in [0.5, 0.6) is 0 Å². The highest BCUT2D eigenvalue weighted by atomic mass is 16.4. The van der Waals surface area contributed by atoms with Crippen LogP contribution < -0.4 is 0 Å². The summed E-state index contributed by atoms with van der Waals surface area (Å²) in [6.07, 6.45) is -2.29. The Morgan fingerprint density at radius 2 is 1.06 bits per heavy atom. The summed E-state index contributed by atoms with van der Waals surface area (Å²) in [4.78, 5) is 30.5. The van der Waals surface area contributed by atoms with E-state index in [1.807, 2.05) is 0 Å². The Labute approximate surface area is 98.3 Å². The first kappa shape index (κ1) is 20.3. The minimum Gasteiger partial charge on any atom is -0.481 e. The van der Waals surface area contributed by atoms with Crippen LogP contribution in [-0.4, -0.2) is 43.9 Å². The first-order chi connectivity index (χ1) is 7.78. The summed E-state index contributed by atoms with van der Waals surface area (Å²) in [5.74, 6) is -5.02. The molecule has 0 saturated heterocycles. The molecule has 0 heterocycles. The Kier molecular flexibility index (Phi) is 12.4. The molecule has 0 radical (unpaired) electrons. The maximum absolute atomic E-state index is 10.3. The Hall–Kier alpha value is -2.15. The molecule has 0 aliphatic carbocycles. The second kappa shape index (κ2) is 10.4. The van der Waals surface area contributed by atoms with Gasteiger partial charge in [0.05, 0.1) is 12.8 Å². The summed E-state index contributed by atoms with van der Waals surface area (Å²) in [5.41, 5.74) is -2.74. The fraction of sp³-hybridized carbons (Fsp3) is 0.300. The van der Waals surface area contributed by atoms with Crippen LogP contribution in [0.25, 0.3) is 0 Å². The molecule has 7 nitrogen and oxygen atoms in total. The van der Waals surface area contributed by atoms with Crippen LogP contribution in [0.1, 0.15) is 12.8 Å². The summed E-state index contributed by atoms with van der Waals surface area (Å²) < 4.78 is 0. The van der Waals surface area contributed by atoms with E-state index in [1.54, 1.807) is 0 Å². The van der Waals surface area contributed by atoms with E-state index >= 15 is 0 Å². The summed E-state index contributed by atoms with van der Waals surface area (Å²) in [5, 5.41) is 33.8. The van der Waals surface area contributed by atoms with E-state index in [0.717, 1.165) is 0 Å². The van der Waals surface area contributed by atoms with E-state index in [0.29, 0.717) is 0 Å². The first-order valence-corrected chi connectivity index (χ1v) is 4.17. The largest absolute Gasteiger partial charge is 0.481 e. The molecule has 0 unspecified atom stereocenters. The standard InChI is InChI=1S/C6H8O7.2C2H4/c7-3(8)1-6(13,5(11)12)2-4(9)10;2*1-2/h13H,1-2H2,(H,7,8)(H,9,10)(H,11,12);2*1-2H2. The monoisotopic (exact) mass is 248 g/mol. The predicted octanol–water partition coefficient (Wildman–Crippen LogP) is 0.356. The van der Waals surface area contributed by atoms with Crippen LogP contribution in [-0.2, 0) is 14.4 Å². The molecule has 0 rings (SSSR count). The zero-order valence-electron chi connectivity index (χ0n) is 9.26. The van der Waals surface area contributed by atoms with Gasteiger partial charge in [0.2, 0.25) is 0 Å². The Morgan fingerprint density at radius 3 is 1.18 bits per heavy atom. The number of carboxylic acids is 3. The highest BCUT2D eigenvalue weighted by Crippen LogP contribution is 2.15. The normalized spacial score (nSPS) is 8.76. The van der Waals surface area contributed by atoms with Gasteiger partial charge in [-0.05, 0) is 0 Å². The van der Waals surface area contributed by atoms with Crippen molar-refractivity contribution in [1.82, 2.24) is 0 Å². The third-order valence-electron chi connectivity index (χ3n) is 1.29. The van der Waals surface area contributed by atoms with Gasteiger partial charge in [0.15, 0.2) is 5.60 Å². The van der Waals surface area contributed by atoms with Gasteiger partial charge in [0, 0.05) is 0 Å². The van der Waals surface area contributed by atoms with E-state index in [9.17, 15) is 14.4 Å². The predicted molar refractivity (Wildman–Crippen MR) is 59.6 cm³/mol. The lowest BCUT2D eigenvalue weighted by atomic mass is 9.96. The van der Waals surface area contributed by atoms with Crippen LogP contribution >= 0.6 is 0 Å². The zero-order chi connectivity index (χ0) is 14.6. The molecule has 0 bridgehead atoms. The number of hydrogen-bond acceptors (Lipinski definition) is 4. The summed E-state index contributed by atoms with van der Waals surface area (Å²) in [6, 6.07) is 0. The first-order valence-electron chi connectivity index (χ1n) is 4.17. The molecular formula is C10H16O7. The van der Waals surface area contributed by atoms with Crippen molar-refractivity contribution < 1.29 is 34.8 Å². The van der Waals surface area contributed by atoms with Crippen molar-refractivity contribution >= 4 is 17.9 Å². The average molecular weight is 248 g/mol. The molecule has 17 heavy (non-hydrogen) atoms. The van der Waals surface area contributed by atoms with E-state index in [1.165, 1.54) is 0 Å². The lowest BCUT2D eigenvalue weighted by Gasteiger charge is -2.18. The van der Waals surface area contributed by atoms with Gasteiger partial charge < -0.3 is 20.4 Å². The molecule has 0 aliphatic heterocycles. The Balaban J connectivity index is -0.000000439. The molecule has 0 aromatic heterocycles. The fourth-order valence-corrected chi connectivity index (χ4v) is 0.714. The van der Waals surface area contributed by atoms with Gasteiger partial charge in [-0.2, -0.15) is 0 Å². The van der Waals surface area contributed by atoms with Gasteiger partial charge in [0.25, 0.3) is 0 Å². The van der Waals surface area contributed by atoms with Crippen molar-refractivity contribution in [1.29, 1.82) is 0 Å². The molecule has 0 aromatic carbocycles. The average Bonchev–Trinajstić information content (AvgIpc) is 2.21.